The zero-order chi connectivity index (χ0) is 9.84. The van der Waals surface area contributed by atoms with Crippen molar-refractivity contribution < 1.29 is 0 Å². The van der Waals surface area contributed by atoms with Crippen molar-refractivity contribution in [1.29, 1.82) is 0 Å². The van der Waals surface area contributed by atoms with Gasteiger partial charge in [0.25, 0.3) is 0 Å². The number of hydrogen-bond donors (Lipinski definition) is 1. The Hall–Kier alpha value is -0.530. The summed E-state index contributed by atoms with van der Waals surface area (Å²) in [4.78, 5) is 4.52. The fourth-order valence-electron chi connectivity index (χ4n) is 1.96. The first-order valence-electron chi connectivity index (χ1n) is 5.50. The Morgan fingerprint density at radius 3 is 2.46 bits per heavy atom. The van der Waals surface area contributed by atoms with Crippen molar-refractivity contribution in [1.82, 2.24) is 0 Å². The molecule has 0 fully saturated rings. The molecule has 0 saturated carbocycles. The lowest BCUT2D eigenvalue weighted by molar-refractivity contribution is 0.399. The van der Waals surface area contributed by atoms with Crippen molar-refractivity contribution in [2.45, 2.75) is 52.5 Å². The van der Waals surface area contributed by atoms with Gasteiger partial charge in [-0.05, 0) is 12.3 Å². The van der Waals surface area contributed by atoms with Crippen LogP contribution in [0.5, 0.6) is 0 Å². The normalized spacial score (nSPS) is 33.5. The van der Waals surface area contributed by atoms with Crippen LogP contribution in [0, 0.1) is 11.8 Å². The first-order valence-corrected chi connectivity index (χ1v) is 5.50. The van der Waals surface area contributed by atoms with Gasteiger partial charge in [0.05, 0.1) is 11.9 Å². The van der Waals surface area contributed by atoms with Crippen LogP contribution in [-0.2, 0) is 0 Å². The number of unbranched alkanes of at least 4 members (excludes halogenated alkanes) is 2. The maximum Gasteiger partial charge on any atom is 0.0972 e. The predicted molar refractivity (Wildman–Crippen MR) is 57.9 cm³/mol. The lowest BCUT2D eigenvalue weighted by Gasteiger charge is -2.16. The van der Waals surface area contributed by atoms with E-state index < -0.39 is 0 Å². The van der Waals surface area contributed by atoms with Gasteiger partial charge in [0.1, 0.15) is 0 Å². The van der Waals surface area contributed by atoms with E-state index in [1.165, 1.54) is 25.7 Å². The molecule has 0 aromatic rings. The van der Waals surface area contributed by atoms with E-state index in [4.69, 9.17) is 5.73 Å². The molecule has 3 atom stereocenters. The number of aliphatic imine (C=N–C) groups is 1. The van der Waals surface area contributed by atoms with E-state index in [0.29, 0.717) is 17.9 Å². The molecule has 1 rings (SSSR count). The van der Waals surface area contributed by atoms with E-state index in [0.717, 1.165) is 5.84 Å². The molecule has 2 nitrogen and oxygen atoms in total. The number of nitrogens with two attached hydrogens (primary N) is 1. The molecule has 1 aliphatic heterocycles. The highest BCUT2D eigenvalue weighted by Crippen LogP contribution is 2.28. The molecule has 76 valence electrons. The third-order valence-electron chi connectivity index (χ3n) is 3.28. The summed E-state index contributed by atoms with van der Waals surface area (Å²) < 4.78 is 0. The van der Waals surface area contributed by atoms with Crippen LogP contribution in [0.25, 0.3) is 0 Å². The highest BCUT2D eigenvalue weighted by Gasteiger charge is 2.30. The minimum atomic E-state index is 0.492. The maximum atomic E-state index is 5.81. The lowest BCUT2D eigenvalue weighted by atomic mass is 9.89. The second-order valence-electron chi connectivity index (χ2n) is 4.26. The lowest BCUT2D eigenvalue weighted by Crippen LogP contribution is -2.22. The van der Waals surface area contributed by atoms with Crippen LogP contribution in [0.15, 0.2) is 4.99 Å². The Bertz CT molecular complexity index is 187. The third-order valence-corrected chi connectivity index (χ3v) is 3.28. The van der Waals surface area contributed by atoms with Gasteiger partial charge < -0.3 is 5.73 Å². The molecule has 0 saturated heterocycles. The Balaban J connectivity index is 2.35. The summed E-state index contributed by atoms with van der Waals surface area (Å²) in [6.07, 6.45) is 5.14. The Morgan fingerprint density at radius 1 is 1.31 bits per heavy atom. The second kappa shape index (κ2) is 4.64. The molecule has 2 N–H and O–H groups in total. The largest absolute Gasteiger partial charge is 0.387 e. The van der Waals surface area contributed by atoms with Crippen LogP contribution in [0.2, 0.25) is 0 Å². The molecular weight excluding hydrogens is 160 g/mol. The SMILES string of the molecule is CCCCC[C@@H]1N=C(N)[C@@H](C)[C@@H]1C. The molecule has 0 bridgehead atoms. The van der Waals surface area contributed by atoms with Crippen LogP contribution in [-0.4, -0.2) is 11.9 Å². The topological polar surface area (TPSA) is 38.4 Å². The molecule has 13 heavy (non-hydrogen) atoms. The van der Waals surface area contributed by atoms with E-state index in [1.807, 2.05) is 0 Å². The van der Waals surface area contributed by atoms with Crippen molar-refractivity contribution >= 4 is 5.84 Å². The van der Waals surface area contributed by atoms with Crippen molar-refractivity contribution in [3.05, 3.63) is 0 Å². The number of rotatable bonds is 4. The minimum absolute atomic E-state index is 0.492. The summed E-state index contributed by atoms with van der Waals surface area (Å²) in [5.74, 6) is 2.01. The van der Waals surface area contributed by atoms with Gasteiger partial charge >= 0.3 is 0 Å². The number of hydrogen-bond acceptors (Lipinski definition) is 2. The highest BCUT2D eigenvalue weighted by molar-refractivity contribution is 5.84. The Labute approximate surface area is 81.6 Å². The van der Waals surface area contributed by atoms with E-state index in [9.17, 15) is 0 Å². The zero-order valence-electron chi connectivity index (χ0n) is 9.09. The monoisotopic (exact) mass is 182 g/mol. The van der Waals surface area contributed by atoms with Gasteiger partial charge in [-0.3, -0.25) is 4.99 Å². The van der Waals surface area contributed by atoms with E-state index in [1.54, 1.807) is 0 Å². The molecule has 0 unspecified atom stereocenters. The smallest absolute Gasteiger partial charge is 0.0972 e. The van der Waals surface area contributed by atoms with Gasteiger partial charge in [-0.1, -0.05) is 40.0 Å². The summed E-state index contributed by atoms with van der Waals surface area (Å²) in [6.45, 7) is 6.69. The van der Waals surface area contributed by atoms with E-state index in [2.05, 4.69) is 25.8 Å². The van der Waals surface area contributed by atoms with E-state index >= 15 is 0 Å². The summed E-state index contributed by atoms with van der Waals surface area (Å²) >= 11 is 0. The third kappa shape index (κ3) is 2.45. The fourth-order valence-corrected chi connectivity index (χ4v) is 1.96. The summed E-state index contributed by atoms with van der Waals surface area (Å²) in [5.41, 5.74) is 5.81. The average Bonchev–Trinajstić information content (AvgIpc) is 2.34. The molecule has 0 spiro atoms. The second-order valence-corrected chi connectivity index (χ2v) is 4.26. The van der Waals surface area contributed by atoms with Gasteiger partial charge in [0.2, 0.25) is 0 Å². The van der Waals surface area contributed by atoms with Crippen molar-refractivity contribution in [2.75, 3.05) is 0 Å². The van der Waals surface area contributed by atoms with Crippen molar-refractivity contribution in [3.63, 3.8) is 0 Å². The predicted octanol–water partition coefficient (Wildman–Crippen LogP) is 2.58. The van der Waals surface area contributed by atoms with Crippen LogP contribution in [0.1, 0.15) is 46.5 Å². The Morgan fingerprint density at radius 2 is 2.00 bits per heavy atom. The fraction of sp³-hybridized carbons (Fsp3) is 0.909. The molecule has 0 aliphatic carbocycles. The van der Waals surface area contributed by atoms with Gasteiger partial charge in [0, 0.05) is 5.92 Å². The van der Waals surface area contributed by atoms with Crippen LogP contribution < -0.4 is 5.73 Å². The number of nitrogens with zero attached hydrogens (tertiary/aromatic N) is 1. The summed E-state index contributed by atoms with van der Waals surface area (Å²) in [5, 5.41) is 0. The molecule has 1 aliphatic rings. The molecular formula is C11H22N2. The highest BCUT2D eigenvalue weighted by atomic mass is 14.9. The summed E-state index contributed by atoms with van der Waals surface area (Å²) in [6, 6.07) is 0.501. The van der Waals surface area contributed by atoms with Gasteiger partial charge in [0.15, 0.2) is 0 Å². The van der Waals surface area contributed by atoms with Gasteiger partial charge in [-0.2, -0.15) is 0 Å². The molecule has 0 aromatic heterocycles. The van der Waals surface area contributed by atoms with Crippen LogP contribution in [0.3, 0.4) is 0 Å². The average molecular weight is 182 g/mol. The number of amidine groups is 1. The Kier molecular flexibility index (Phi) is 3.76. The van der Waals surface area contributed by atoms with Crippen LogP contribution in [0.4, 0.5) is 0 Å². The van der Waals surface area contributed by atoms with E-state index in [-0.39, 0.29) is 0 Å². The standard InChI is InChI=1S/C11H22N2/c1-4-5-6-7-10-8(2)9(3)11(12)13-10/h8-10H,4-7H2,1-3H3,(H2,12,13)/t8-,9-,10-/m0/s1. The maximum absolute atomic E-state index is 5.81. The van der Waals surface area contributed by atoms with Crippen molar-refractivity contribution in [3.8, 4) is 0 Å². The van der Waals surface area contributed by atoms with Gasteiger partial charge in [-0.25, -0.2) is 0 Å². The first kappa shape index (κ1) is 10.6. The molecule has 1 heterocycles. The van der Waals surface area contributed by atoms with Crippen LogP contribution >= 0.6 is 0 Å². The molecule has 0 radical (unpaired) electrons. The zero-order valence-corrected chi connectivity index (χ0v) is 9.09. The molecule has 2 heteroatoms. The molecule has 0 amide bonds. The van der Waals surface area contributed by atoms with Gasteiger partial charge in [-0.15, -0.1) is 0 Å². The first-order chi connectivity index (χ1) is 6.16. The summed E-state index contributed by atoms with van der Waals surface area (Å²) in [7, 11) is 0. The molecule has 0 aromatic carbocycles. The minimum Gasteiger partial charge on any atom is -0.387 e. The van der Waals surface area contributed by atoms with Crippen molar-refractivity contribution in [2.24, 2.45) is 22.6 Å². The quantitative estimate of drug-likeness (QED) is 0.667.